The van der Waals surface area contributed by atoms with Gasteiger partial charge in [-0.25, -0.2) is 0 Å². The predicted octanol–water partition coefficient (Wildman–Crippen LogP) is 1.39. The molecule has 116 valence electrons. The van der Waals surface area contributed by atoms with E-state index in [1.165, 1.54) is 16.5 Å². The molecule has 5 heteroatoms. The van der Waals surface area contributed by atoms with Gasteiger partial charge in [-0.05, 0) is 11.6 Å². The number of para-hydroxylation sites is 1. The van der Waals surface area contributed by atoms with Crippen LogP contribution >= 0.6 is 0 Å². The number of ether oxygens (including phenoxy) is 2. The van der Waals surface area contributed by atoms with Crippen molar-refractivity contribution in [2.24, 2.45) is 0 Å². The minimum absolute atomic E-state index is 0.0705. The molecule has 0 aliphatic heterocycles. The van der Waals surface area contributed by atoms with Crippen LogP contribution in [0.5, 0.6) is 0 Å². The maximum atomic E-state index is 8.73. The van der Waals surface area contributed by atoms with E-state index in [-0.39, 0.29) is 6.61 Å². The molecule has 1 heterocycles. The predicted molar refractivity (Wildman–Crippen MR) is 83.4 cm³/mol. The molecule has 2 rings (SSSR count). The van der Waals surface area contributed by atoms with E-state index in [1.807, 2.05) is 0 Å². The second-order valence-corrected chi connectivity index (χ2v) is 4.87. The van der Waals surface area contributed by atoms with Crippen LogP contribution in [0.3, 0.4) is 0 Å². The topological polar surface area (TPSA) is 55.7 Å². The summed E-state index contributed by atoms with van der Waals surface area (Å²) in [5, 5.41) is 13.4. The number of hydrogen-bond donors (Lipinski definition) is 2. The van der Waals surface area contributed by atoms with Crippen LogP contribution in [-0.2, 0) is 22.6 Å². The quantitative estimate of drug-likeness (QED) is 0.650. The zero-order valence-electron chi connectivity index (χ0n) is 12.5. The van der Waals surface area contributed by atoms with E-state index >= 15 is 0 Å². The molecule has 0 aliphatic carbocycles. The number of aromatic nitrogens is 1. The van der Waals surface area contributed by atoms with E-state index in [4.69, 9.17) is 14.6 Å². The van der Waals surface area contributed by atoms with Gasteiger partial charge in [0.2, 0.25) is 0 Å². The summed E-state index contributed by atoms with van der Waals surface area (Å²) in [4.78, 5) is 0. The third kappa shape index (κ3) is 4.54. The molecule has 2 aromatic rings. The summed E-state index contributed by atoms with van der Waals surface area (Å²) in [6.45, 7) is 4.25. The van der Waals surface area contributed by atoms with Crippen LogP contribution in [0, 0.1) is 0 Å². The second kappa shape index (κ2) is 8.79. The standard InChI is InChI=1S/C16H24N2O3/c1-20-9-6-17-12-14-13-18(7-10-21-11-8-19)16-5-3-2-4-15(14)16/h2-5,13,17,19H,6-12H2,1H3. The summed E-state index contributed by atoms with van der Waals surface area (Å²) in [7, 11) is 1.71. The molecule has 2 N–H and O–H groups in total. The number of rotatable bonds is 10. The number of aliphatic hydroxyl groups is 1. The summed E-state index contributed by atoms with van der Waals surface area (Å²) < 4.78 is 12.6. The molecular formula is C16H24N2O3. The first-order valence-corrected chi connectivity index (χ1v) is 7.32. The first-order valence-electron chi connectivity index (χ1n) is 7.32. The van der Waals surface area contributed by atoms with Crippen molar-refractivity contribution in [1.82, 2.24) is 9.88 Å². The lowest BCUT2D eigenvalue weighted by atomic mass is 10.2. The minimum Gasteiger partial charge on any atom is -0.394 e. The molecule has 1 aromatic carbocycles. The van der Waals surface area contributed by atoms with Crippen molar-refractivity contribution in [3.05, 3.63) is 36.0 Å². The molecule has 0 amide bonds. The van der Waals surface area contributed by atoms with Gasteiger partial charge in [0, 0.05) is 43.8 Å². The molecule has 0 bridgehead atoms. The van der Waals surface area contributed by atoms with Gasteiger partial charge in [0.25, 0.3) is 0 Å². The SMILES string of the molecule is COCCNCc1cn(CCOCCO)c2ccccc12. The van der Waals surface area contributed by atoms with Gasteiger partial charge >= 0.3 is 0 Å². The summed E-state index contributed by atoms with van der Waals surface area (Å²) in [5.74, 6) is 0. The molecule has 0 radical (unpaired) electrons. The fourth-order valence-corrected chi connectivity index (χ4v) is 2.38. The fourth-order valence-electron chi connectivity index (χ4n) is 2.38. The number of methoxy groups -OCH3 is 1. The molecular weight excluding hydrogens is 268 g/mol. The van der Waals surface area contributed by atoms with Gasteiger partial charge in [-0.1, -0.05) is 18.2 Å². The number of fused-ring (bicyclic) bond motifs is 1. The Morgan fingerprint density at radius 1 is 1.19 bits per heavy atom. The van der Waals surface area contributed by atoms with Crippen molar-refractivity contribution < 1.29 is 14.6 Å². The molecule has 0 saturated heterocycles. The smallest absolute Gasteiger partial charge is 0.0698 e. The average molecular weight is 292 g/mol. The second-order valence-electron chi connectivity index (χ2n) is 4.87. The van der Waals surface area contributed by atoms with Gasteiger partial charge in [0.05, 0.1) is 26.4 Å². The summed E-state index contributed by atoms with van der Waals surface area (Å²) in [6.07, 6.45) is 2.17. The van der Waals surface area contributed by atoms with Crippen molar-refractivity contribution in [2.45, 2.75) is 13.1 Å². The Bertz CT molecular complexity index is 493. The highest BCUT2D eigenvalue weighted by Crippen LogP contribution is 2.21. The first kappa shape index (κ1) is 16.0. The summed E-state index contributed by atoms with van der Waals surface area (Å²) in [5.41, 5.74) is 2.50. The lowest BCUT2D eigenvalue weighted by Gasteiger charge is -2.05. The van der Waals surface area contributed by atoms with Crippen LogP contribution < -0.4 is 5.32 Å². The normalized spacial score (nSPS) is 11.3. The van der Waals surface area contributed by atoms with Crippen molar-refractivity contribution >= 4 is 10.9 Å². The van der Waals surface area contributed by atoms with E-state index in [0.29, 0.717) is 19.8 Å². The Morgan fingerprint density at radius 3 is 2.86 bits per heavy atom. The number of aliphatic hydroxyl groups excluding tert-OH is 1. The van der Waals surface area contributed by atoms with Gasteiger partial charge in [0.15, 0.2) is 0 Å². The zero-order valence-corrected chi connectivity index (χ0v) is 12.5. The highest BCUT2D eigenvalue weighted by molar-refractivity contribution is 5.83. The van der Waals surface area contributed by atoms with Crippen molar-refractivity contribution in [3.8, 4) is 0 Å². The third-order valence-electron chi connectivity index (χ3n) is 3.38. The number of nitrogens with one attached hydrogen (secondary N) is 1. The highest BCUT2D eigenvalue weighted by atomic mass is 16.5. The number of nitrogens with zero attached hydrogens (tertiary/aromatic N) is 1. The third-order valence-corrected chi connectivity index (χ3v) is 3.38. The minimum atomic E-state index is 0.0705. The Balaban J connectivity index is 2.03. The molecule has 21 heavy (non-hydrogen) atoms. The van der Waals surface area contributed by atoms with Gasteiger partial charge in [-0.3, -0.25) is 0 Å². The summed E-state index contributed by atoms with van der Waals surface area (Å²) in [6, 6.07) is 8.39. The van der Waals surface area contributed by atoms with Crippen LogP contribution in [0.1, 0.15) is 5.56 Å². The van der Waals surface area contributed by atoms with E-state index in [9.17, 15) is 0 Å². The first-order chi connectivity index (χ1) is 10.4. The number of benzene rings is 1. The Morgan fingerprint density at radius 2 is 2.05 bits per heavy atom. The van der Waals surface area contributed by atoms with Crippen LogP contribution in [0.15, 0.2) is 30.5 Å². The highest BCUT2D eigenvalue weighted by Gasteiger charge is 2.07. The van der Waals surface area contributed by atoms with E-state index in [1.54, 1.807) is 7.11 Å². The summed E-state index contributed by atoms with van der Waals surface area (Å²) >= 11 is 0. The Hall–Kier alpha value is -1.40. The number of hydrogen-bond acceptors (Lipinski definition) is 4. The molecule has 0 saturated carbocycles. The average Bonchev–Trinajstić information content (AvgIpc) is 2.87. The maximum absolute atomic E-state index is 8.73. The molecule has 0 aliphatic rings. The molecule has 1 aromatic heterocycles. The van der Waals surface area contributed by atoms with Crippen molar-refractivity contribution in [1.29, 1.82) is 0 Å². The van der Waals surface area contributed by atoms with Crippen LogP contribution in [-0.4, -0.2) is 49.8 Å². The molecule has 0 fully saturated rings. The molecule has 0 unspecified atom stereocenters. The van der Waals surface area contributed by atoms with Crippen molar-refractivity contribution in [3.63, 3.8) is 0 Å². The van der Waals surface area contributed by atoms with E-state index in [2.05, 4.69) is 40.3 Å². The lowest BCUT2D eigenvalue weighted by Crippen LogP contribution is -2.18. The lowest BCUT2D eigenvalue weighted by molar-refractivity contribution is 0.0875. The fraction of sp³-hybridized carbons (Fsp3) is 0.500. The maximum Gasteiger partial charge on any atom is 0.0698 e. The van der Waals surface area contributed by atoms with Gasteiger partial charge in [-0.15, -0.1) is 0 Å². The Labute approximate surface area is 125 Å². The zero-order chi connectivity index (χ0) is 14.9. The molecule has 5 nitrogen and oxygen atoms in total. The molecule has 0 atom stereocenters. The van der Waals surface area contributed by atoms with Crippen LogP contribution in [0.2, 0.25) is 0 Å². The monoisotopic (exact) mass is 292 g/mol. The Kier molecular flexibility index (Phi) is 6.69. The van der Waals surface area contributed by atoms with Crippen LogP contribution in [0.4, 0.5) is 0 Å². The van der Waals surface area contributed by atoms with Crippen LogP contribution in [0.25, 0.3) is 10.9 Å². The van der Waals surface area contributed by atoms with Crippen molar-refractivity contribution in [2.75, 3.05) is 40.1 Å². The van der Waals surface area contributed by atoms with Gasteiger partial charge in [-0.2, -0.15) is 0 Å². The van der Waals surface area contributed by atoms with Gasteiger partial charge in [0.1, 0.15) is 0 Å². The van der Waals surface area contributed by atoms with E-state index < -0.39 is 0 Å². The van der Waals surface area contributed by atoms with Gasteiger partial charge < -0.3 is 24.5 Å². The van der Waals surface area contributed by atoms with E-state index in [0.717, 1.165) is 19.6 Å². The largest absolute Gasteiger partial charge is 0.394 e. The molecule has 0 spiro atoms.